The van der Waals surface area contributed by atoms with Gasteiger partial charge in [-0.3, -0.25) is 4.79 Å². The SMILES string of the molecule is CC1CC=CC(c2cc(C(=O)c3cc(-c4ccccc4-c4ccccc4)cc(-c4ccccc4-c4ccccc4)c3)cc(-c3ccccc3-c3ccccc3)c2)=C1C1=CCCC=C1. The minimum atomic E-state index is -0.0143. The van der Waals surface area contributed by atoms with Gasteiger partial charge >= 0.3 is 0 Å². The first-order valence-electron chi connectivity index (χ1n) is 22.2. The highest BCUT2D eigenvalue weighted by atomic mass is 16.1. The lowest BCUT2D eigenvalue weighted by Gasteiger charge is -2.25. The van der Waals surface area contributed by atoms with Crippen molar-refractivity contribution in [2.75, 3.05) is 0 Å². The maximum Gasteiger partial charge on any atom is 0.193 e. The third-order valence-electron chi connectivity index (χ3n) is 12.5. The number of benzene rings is 8. The van der Waals surface area contributed by atoms with Crippen LogP contribution in [0.2, 0.25) is 0 Å². The first-order chi connectivity index (χ1) is 31.1. The van der Waals surface area contributed by atoms with Crippen LogP contribution in [0.4, 0.5) is 0 Å². The molecule has 63 heavy (non-hydrogen) atoms. The Labute approximate surface area is 371 Å². The van der Waals surface area contributed by atoms with Crippen molar-refractivity contribution < 1.29 is 4.79 Å². The summed E-state index contributed by atoms with van der Waals surface area (Å²) in [4.78, 5) is 15.7. The van der Waals surface area contributed by atoms with Crippen molar-refractivity contribution in [2.45, 2.75) is 26.2 Å². The fourth-order valence-electron chi connectivity index (χ4n) is 9.49. The van der Waals surface area contributed by atoms with E-state index >= 15 is 4.79 Å². The predicted octanol–water partition coefficient (Wildman–Crippen LogP) is 16.5. The second kappa shape index (κ2) is 17.8. The molecule has 302 valence electrons. The van der Waals surface area contributed by atoms with Crippen molar-refractivity contribution in [3.05, 3.63) is 258 Å². The summed E-state index contributed by atoms with van der Waals surface area (Å²) >= 11 is 0. The molecule has 10 rings (SSSR count). The topological polar surface area (TPSA) is 17.1 Å². The molecule has 1 unspecified atom stereocenters. The van der Waals surface area contributed by atoms with Crippen molar-refractivity contribution in [1.82, 2.24) is 0 Å². The highest BCUT2D eigenvalue weighted by Crippen LogP contribution is 2.42. The maximum atomic E-state index is 15.7. The second-order valence-corrected chi connectivity index (χ2v) is 16.7. The Kier molecular flexibility index (Phi) is 11.2. The van der Waals surface area contributed by atoms with E-state index in [9.17, 15) is 0 Å². The van der Waals surface area contributed by atoms with Crippen LogP contribution < -0.4 is 0 Å². The molecule has 1 heteroatoms. The zero-order chi connectivity index (χ0) is 42.5. The summed E-state index contributed by atoms with van der Waals surface area (Å²) < 4.78 is 0. The molecule has 2 aliphatic rings. The van der Waals surface area contributed by atoms with Gasteiger partial charge in [0.1, 0.15) is 0 Å². The van der Waals surface area contributed by atoms with Crippen molar-refractivity contribution in [3.63, 3.8) is 0 Å². The largest absolute Gasteiger partial charge is 0.289 e. The number of hydrogen-bond donors (Lipinski definition) is 0. The number of carbonyl (C=O) groups excluding carboxylic acids is 1. The highest BCUT2D eigenvalue weighted by Gasteiger charge is 2.24. The van der Waals surface area contributed by atoms with Gasteiger partial charge in [0, 0.05) is 11.1 Å². The van der Waals surface area contributed by atoms with Crippen LogP contribution in [0.3, 0.4) is 0 Å². The first kappa shape index (κ1) is 39.5. The monoisotopic (exact) mass is 808 g/mol. The Hall–Kier alpha value is -7.61. The number of allylic oxidation sites excluding steroid dienone is 8. The van der Waals surface area contributed by atoms with Crippen LogP contribution in [0, 0.1) is 5.92 Å². The minimum Gasteiger partial charge on any atom is -0.289 e. The van der Waals surface area contributed by atoms with Crippen LogP contribution in [0.25, 0.3) is 72.3 Å². The van der Waals surface area contributed by atoms with Crippen molar-refractivity contribution >= 4 is 11.4 Å². The second-order valence-electron chi connectivity index (χ2n) is 16.7. The third kappa shape index (κ3) is 8.14. The summed E-state index contributed by atoms with van der Waals surface area (Å²) in [6.07, 6.45) is 14.6. The summed E-state index contributed by atoms with van der Waals surface area (Å²) in [5.41, 5.74) is 19.2. The minimum absolute atomic E-state index is 0.0143. The van der Waals surface area contributed by atoms with E-state index in [-0.39, 0.29) is 5.78 Å². The van der Waals surface area contributed by atoms with E-state index in [0.29, 0.717) is 17.0 Å². The molecule has 8 aromatic rings. The lowest BCUT2D eigenvalue weighted by Crippen LogP contribution is -2.09. The summed E-state index contributed by atoms with van der Waals surface area (Å²) in [5, 5.41) is 0. The number of hydrogen-bond acceptors (Lipinski definition) is 1. The molecule has 0 saturated carbocycles. The molecule has 1 nitrogen and oxygen atoms in total. The standard InChI is InChI=1S/C62H48O/c1-43-21-20-36-60(61(43)47-28-12-5-13-29-47)51-38-50(59-35-19-16-32-56(59)46-26-10-4-11-27-46)41-53(42-51)62(63)52-39-48(57-33-17-14-30-54(57)44-22-6-2-7-23-44)37-49(40-52)58-34-18-15-31-55(58)45-24-8-3-9-25-45/h2-4,6-12,14-20,22-43H,5,13,21H2,1H3. The van der Waals surface area contributed by atoms with Crippen molar-refractivity contribution in [3.8, 4) is 66.8 Å². The molecule has 1 atom stereocenters. The summed E-state index contributed by atoms with van der Waals surface area (Å²) in [5.74, 6) is 0.326. The Morgan fingerprint density at radius 3 is 1.19 bits per heavy atom. The van der Waals surface area contributed by atoms with E-state index < -0.39 is 0 Å². The Morgan fingerprint density at radius 1 is 0.397 bits per heavy atom. The third-order valence-corrected chi connectivity index (χ3v) is 12.5. The lowest BCUT2D eigenvalue weighted by molar-refractivity contribution is 0.103. The van der Waals surface area contributed by atoms with E-state index in [1.807, 2.05) is 0 Å². The van der Waals surface area contributed by atoms with E-state index in [4.69, 9.17) is 0 Å². The molecule has 0 N–H and O–H groups in total. The molecule has 8 aromatic carbocycles. The fourth-order valence-corrected chi connectivity index (χ4v) is 9.49. The molecule has 0 aliphatic heterocycles. The van der Waals surface area contributed by atoms with Gasteiger partial charge in [-0.25, -0.2) is 0 Å². The van der Waals surface area contributed by atoms with Crippen LogP contribution in [0.1, 0.15) is 47.7 Å². The summed E-state index contributed by atoms with van der Waals surface area (Å²) in [6, 6.07) is 70.3. The van der Waals surface area contributed by atoms with Crippen LogP contribution in [-0.2, 0) is 0 Å². The molecule has 0 fully saturated rings. The normalized spacial score (nSPS) is 14.7. The van der Waals surface area contributed by atoms with Gasteiger partial charge in [0.05, 0.1) is 0 Å². The van der Waals surface area contributed by atoms with Crippen LogP contribution in [0.15, 0.2) is 242 Å². The molecular formula is C62H48O. The highest BCUT2D eigenvalue weighted by molar-refractivity contribution is 6.12. The van der Waals surface area contributed by atoms with Gasteiger partial charge in [-0.15, -0.1) is 0 Å². The lowest BCUT2D eigenvalue weighted by atomic mass is 9.79. The molecule has 0 aromatic heterocycles. The Morgan fingerprint density at radius 2 is 0.778 bits per heavy atom. The van der Waals surface area contributed by atoms with Gasteiger partial charge in [-0.1, -0.05) is 201 Å². The molecule has 0 bridgehead atoms. The average molecular weight is 809 g/mol. The van der Waals surface area contributed by atoms with E-state index in [0.717, 1.165) is 91.6 Å². The van der Waals surface area contributed by atoms with E-state index in [1.165, 1.54) is 16.7 Å². The van der Waals surface area contributed by atoms with Crippen LogP contribution in [-0.4, -0.2) is 5.78 Å². The summed E-state index contributed by atoms with van der Waals surface area (Å²) in [7, 11) is 0. The zero-order valence-electron chi connectivity index (χ0n) is 35.5. The molecular weight excluding hydrogens is 761 g/mol. The Balaban J connectivity index is 1.21. The molecule has 0 heterocycles. The van der Waals surface area contributed by atoms with E-state index in [2.05, 4.69) is 237 Å². The van der Waals surface area contributed by atoms with Crippen molar-refractivity contribution in [2.24, 2.45) is 5.92 Å². The number of rotatable bonds is 10. The van der Waals surface area contributed by atoms with E-state index in [1.54, 1.807) is 0 Å². The molecule has 0 radical (unpaired) electrons. The fraction of sp³-hybridized carbons (Fsp3) is 0.0806. The van der Waals surface area contributed by atoms with Gasteiger partial charge in [0.15, 0.2) is 5.78 Å². The summed E-state index contributed by atoms with van der Waals surface area (Å²) in [6.45, 7) is 2.33. The van der Waals surface area contributed by atoms with Gasteiger partial charge in [0.25, 0.3) is 0 Å². The smallest absolute Gasteiger partial charge is 0.193 e. The van der Waals surface area contributed by atoms with Crippen LogP contribution in [0.5, 0.6) is 0 Å². The number of ketones is 1. The first-order valence-corrected chi connectivity index (χ1v) is 22.2. The maximum absolute atomic E-state index is 15.7. The predicted molar refractivity (Wildman–Crippen MR) is 265 cm³/mol. The molecule has 0 amide bonds. The van der Waals surface area contributed by atoms with Gasteiger partial charge in [0.2, 0.25) is 0 Å². The van der Waals surface area contributed by atoms with Crippen LogP contribution >= 0.6 is 0 Å². The quantitative estimate of drug-likeness (QED) is 0.126. The molecule has 0 spiro atoms. The van der Waals surface area contributed by atoms with Gasteiger partial charge < -0.3 is 0 Å². The van der Waals surface area contributed by atoms with Gasteiger partial charge in [-0.2, -0.15) is 0 Å². The van der Waals surface area contributed by atoms with Gasteiger partial charge in [-0.05, 0) is 151 Å². The average Bonchev–Trinajstić information content (AvgIpc) is 3.37. The molecule has 0 saturated heterocycles. The Bertz CT molecular complexity index is 2990. The number of carbonyl (C=O) groups is 1. The molecule has 2 aliphatic carbocycles. The van der Waals surface area contributed by atoms with Crippen molar-refractivity contribution in [1.29, 1.82) is 0 Å². The zero-order valence-corrected chi connectivity index (χ0v) is 35.5.